The van der Waals surface area contributed by atoms with Crippen molar-refractivity contribution in [3.63, 3.8) is 0 Å². The van der Waals surface area contributed by atoms with Gasteiger partial charge in [0.15, 0.2) is 5.71 Å². The number of halogens is 4. The van der Waals surface area contributed by atoms with Gasteiger partial charge >= 0.3 is 12.3 Å². The number of alkyl halides is 4. The predicted octanol–water partition coefficient (Wildman–Crippen LogP) is 3.09. The largest absolute Gasteiger partial charge is 0.444 e. The molecule has 1 N–H and O–H groups in total. The van der Waals surface area contributed by atoms with Crippen molar-refractivity contribution in [2.45, 2.75) is 45.5 Å². The molecule has 156 valence electrons. The second kappa shape index (κ2) is 8.10. The van der Waals surface area contributed by atoms with Gasteiger partial charge in [-0.05, 0) is 20.8 Å². The third kappa shape index (κ3) is 5.24. The molecule has 1 aromatic rings. The van der Waals surface area contributed by atoms with E-state index >= 15 is 0 Å². The summed E-state index contributed by atoms with van der Waals surface area (Å²) in [6.45, 7) is 5.63. The van der Waals surface area contributed by atoms with Crippen LogP contribution in [0, 0.1) is 0 Å². The zero-order valence-electron chi connectivity index (χ0n) is 15.9. The minimum Gasteiger partial charge on any atom is -0.444 e. The summed E-state index contributed by atoms with van der Waals surface area (Å²) in [6, 6.07) is 0. The number of nitrogens with zero attached hydrogens (tertiary/aromatic N) is 4. The Morgan fingerprint density at radius 3 is 2.54 bits per heavy atom. The van der Waals surface area contributed by atoms with Gasteiger partial charge in [-0.3, -0.25) is 9.89 Å². The van der Waals surface area contributed by atoms with Crippen LogP contribution in [0.1, 0.15) is 42.5 Å². The number of carbonyl (C=O) groups is 2. The van der Waals surface area contributed by atoms with Crippen molar-refractivity contribution in [2.75, 3.05) is 18.9 Å². The molecule has 0 aromatic carbocycles. The Morgan fingerprint density at radius 1 is 1.36 bits per heavy atom. The van der Waals surface area contributed by atoms with Crippen molar-refractivity contribution in [2.24, 2.45) is 5.10 Å². The number of hydrazone groups is 1. The van der Waals surface area contributed by atoms with Crippen LogP contribution < -0.4 is 0 Å². The number of carbonyl (C=O) groups excluding carboxylic acids is 2. The Labute approximate surface area is 168 Å². The molecule has 2 heterocycles. The first-order chi connectivity index (χ1) is 12.8. The van der Waals surface area contributed by atoms with Crippen LogP contribution in [0.15, 0.2) is 5.10 Å². The lowest BCUT2D eigenvalue weighted by Crippen LogP contribution is -2.40. The van der Waals surface area contributed by atoms with E-state index in [1.807, 2.05) is 0 Å². The van der Waals surface area contributed by atoms with E-state index in [4.69, 9.17) is 4.74 Å². The molecule has 8 nitrogen and oxygen atoms in total. The van der Waals surface area contributed by atoms with Gasteiger partial charge in [0.05, 0.1) is 17.6 Å². The van der Waals surface area contributed by atoms with Gasteiger partial charge < -0.3 is 9.64 Å². The van der Waals surface area contributed by atoms with Crippen LogP contribution in [0.3, 0.4) is 0 Å². The zero-order chi connectivity index (χ0) is 21.3. The van der Waals surface area contributed by atoms with Gasteiger partial charge in [0, 0.05) is 25.6 Å². The highest BCUT2D eigenvalue weighted by Gasteiger charge is 2.36. The maximum absolute atomic E-state index is 12.9. The molecule has 0 spiro atoms. The Hall–Kier alpha value is -2.11. The number of H-pyrrole nitrogens is 1. The normalized spacial score (nSPS) is 15.3. The summed E-state index contributed by atoms with van der Waals surface area (Å²) in [4.78, 5) is 26.3. The van der Waals surface area contributed by atoms with E-state index in [9.17, 15) is 22.8 Å². The molecule has 0 aliphatic carbocycles. The summed E-state index contributed by atoms with van der Waals surface area (Å²) in [5.74, 6) is -0.789. The highest BCUT2D eigenvalue weighted by atomic mass is 79.9. The molecule has 12 heteroatoms. The van der Waals surface area contributed by atoms with E-state index in [1.165, 1.54) is 4.90 Å². The van der Waals surface area contributed by atoms with Crippen LogP contribution in [0.4, 0.5) is 18.0 Å². The van der Waals surface area contributed by atoms with E-state index in [0.29, 0.717) is 29.2 Å². The monoisotopic (exact) mass is 467 g/mol. The number of aromatic amines is 1. The lowest BCUT2D eigenvalue weighted by molar-refractivity contribution is -0.0599. The maximum atomic E-state index is 12.9. The summed E-state index contributed by atoms with van der Waals surface area (Å²) < 4.78 is 43.9. The molecule has 0 radical (unpaired) electrons. The number of hydrogen-bond acceptors (Lipinski definition) is 5. The third-order valence-corrected chi connectivity index (χ3v) is 4.34. The van der Waals surface area contributed by atoms with Crippen molar-refractivity contribution in [3.05, 3.63) is 17.0 Å². The van der Waals surface area contributed by atoms with E-state index in [2.05, 4.69) is 31.2 Å². The first-order valence-corrected chi connectivity index (χ1v) is 9.48. The Kier molecular flexibility index (Phi) is 6.41. The third-order valence-electron chi connectivity index (χ3n) is 3.80. The fraction of sp³-hybridized carbons (Fsp3) is 0.625. The molecule has 1 aliphatic heterocycles. The van der Waals surface area contributed by atoms with E-state index in [1.54, 1.807) is 20.8 Å². The van der Waals surface area contributed by atoms with E-state index in [0.717, 1.165) is 7.05 Å². The maximum Gasteiger partial charge on any atom is 0.432 e. The molecule has 2 amide bonds. The van der Waals surface area contributed by atoms with Gasteiger partial charge in [-0.2, -0.15) is 23.4 Å². The Balaban J connectivity index is 2.22. The van der Waals surface area contributed by atoms with Gasteiger partial charge in [0.2, 0.25) is 0 Å². The lowest BCUT2D eigenvalue weighted by Gasteiger charge is -2.30. The van der Waals surface area contributed by atoms with Gasteiger partial charge in [-0.15, -0.1) is 0 Å². The van der Waals surface area contributed by atoms with Crippen LogP contribution in [-0.2, 0) is 17.7 Å². The number of hydrogen-bond donors (Lipinski definition) is 1. The summed E-state index contributed by atoms with van der Waals surface area (Å²) in [7, 11) is 1.12. The van der Waals surface area contributed by atoms with Crippen LogP contribution >= 0.6 is 15.9 Å². The van der Waals surface area contributed by atoms with Crippen LogP contribution in [-0.4, -0.2) is 68.5 Å². The molecule has 2 rings (SSSR count). The van der Waals surface area contributed by atoms with Gasteiger partial charge in [0.25, 0.3) is 5.91 Å². The minimum absolute atomic E-state index is 0.00870. The van der Waals surface area contributed by atoms with Gasteiger partial charge in [-0.25, -0.2) is 9.80 Å². The SMILES string of the molecule is CN(/N=C(\CBr)C(F)(F)F)C(=O)c1[nH]nc2c1CN(C(=O)OC(C)(C)C)CC2. The van der Waals surface area contributed by atoms with Crippen molar-refractivity contribution < 1.29 is 27.5 Å². The summed E-state index contributed by atoms with van der Waals surface area (Å²) in [6.07, 6.45) is -4.82. The van der Waals surface area contributed by atoms with Crippen molar-refractivity contribution in [1.82, 2.24) is 20.1 Å². The average molecular weight is 468 g/mol. The molecule has 1 aromatic heterocycles. The quantitative estimate of drug-likeness (QED) is 0.420. The highest BCUT2D eigenvalue weighted by molar-refractivity contribution is 9.09. The molecule has 0 saturated carbocycles. The van der Waals surface area contributed by atoms with Gasteiger partial charge in [0.1, 0.15) is 11.3 Å². The number of rotatable bonds is 3. The highest BCUT2D eigenvalue weighted by Crippen LogP contribution is 2.24. The fourth-order valence-electron chi connectivity index (χ4n) is 2.50. The van der Waals surface area contributed by atoms with E-state index < -0.39 is 34.8 Å². The molecule has 0 fully saturated rings. The van der Waals surface area contributed by atoms with E-state index in [-0.39, 0.29) is 12.2 Å². The molecule has 0 atom stereocenters. The van der Waals surface area contributed by atoms with Crippen molar-refractivity contribution in [1.29, 1.82) is 0 Å². The fourth-order valence-corrected chi connectivity index (χ4v) is 2.93. The molecule has 0 unspecified atom stereocenters. The topological polar surface area (TPSA) is 90.9 Å². The molecule has 28 heavy (non-hydrogen) atoms. The van der Waals surface area contributed by atoms with Crippen LogP contribution in [0.2, 0.25) is 0 Å². The van der Waals surface area contributed by atoms with Crippen molar-refractivity contribution >= 4 is 33.6 Å². The average Bonchev–Trinajstić information content (AvgIpc) is 2.99. The second-order valence-electron chi connectivity index (χ2n) is 7.18. The van der Waals surface area contributed by atoms with Crippen LogP contribution in [0.5, 0.6) is 0 Å². The number of fused-ring (bicyclic) bond motifs is 1. The standard InChI is InChI=1S/C16H21BrF3N5O3/c1-15(2,3)28-14(27)25-6-5-10-9(8-25)12(22-21-10)13(26)24(4)23-11(7-17)16(18,19)20/h5-8H2,1-4H3,(H,21,22)/b23-11+. The Morgan fingerprint density at radius 2 is 2.00 bits per heavy atom. The first kappa shape index (κ1) is 22.2. The Bertz CT molecular complexity index is 785. The molecular formula is C16H21BrF3N5O3. The predicted molar refractivity (Wildman–Crippen MR) is 98.3 cm³/mol. The number of amides is 2. The molecule has 1 aliphatic rings. The summed E-state index contributed by atoms with van der Waals surface area (Å²) in [5, 5.41) is 9.99. The van der Waals surface area contributed by atoms with Gasteiger partial charge in [-0.1, -0.05) is 15.9 Å². The molecule has 0 saturated heterocycles. The first-order valence-electron chi connectivity index (χ1n) is 8.36. The number of aromatic nitrogens is 2. The second-order valence-corrected chi connectivity index (χ2v) is 7.74. The van der Waals surface area contributed by atoms with Crippen molar-refractivity contribution in [3.8, 4) is 0 Å². The zero-order valence-corrected chi connectivity index (χ0v) is 17.4. The lowest BCUT2D eigenvalue weighted by atomic mass is 10.1. The smallest absolute Gasteiger partial charge is 0.432 e. The number of ether oxygens (including phenoxy) is 1. The van der Waals surface area contributed by atoms with Crippen LogP contribution in [0.25, 0.3) is 0 Å². The number of nitrogens with one attached hydrogen (secondary N) is 1. The minimum atomic E-state index is -4.67. The molecule has 0 bridgehead atoms. The summed E-state index contributed by atoms with van der Waals surface area (Å²) in [5.41, 5.74) is -0.809. The summed E-state index contributed by atoms with van der Waals surface area (Å²) >= 11 is 2.72. The molecular weight excluding hydrogens is 447 g/mol.